The number of fused-ring (bicyclic) bond motifs is 1. The number of carbonyl (C=O) groups excluding carboxylic acids is 2. The molecule has 0 bridgehead atoms. The minimum Gasteiger partial charge on any atom is -0.358 e. The lowest BCUT2D eigenvalue weighted by molar-refractivity contribution is -0.153. The molecule has 0 aliphatic heterocycles. The molecule has 2 aliphatic rings. The molecule has 5 rings (SSSR count). The molecule has 2 aromatic heterocycles. The number of anilines is 1. The summed E-state index contributed by atoms with van der Waals surface area (Å²) in [5.41, 5.74) is 5.08. The third-order valence-electron chi connectivity index (χ3n) is 6.36. The number of ketones is 1. The number of benzene rings is 1. The maximum Gasteiger partial charge on any atom is 0.392 e. The van der Waals surface area contributed by atoms with Gasteiger partial charge in [-0.25, -0.2) is 4.98 Å². The minimum absolute atomic E-state index is 0.110. The Labute approximate surface area is 188 Å². The van der Waals surface area contributed by atoms with Gasteiger partial charge in [0.05, 0.1) is 17.5 Å². The molecule has 0 spiro atoms. The summed E-state index contributed by atoms with van der Waals surface area (Å²) in [4.78, 5) is 32.6. The van der Waals surface area contributed by atoms with E-state index in [4.69, 9.17) is 0 Å². The van der Waals surface area contributed by atoms with Crippen LogP contribution in [0.3, 0.4) is 0 Å². The third kappa shape index (κ3) is 4.29. The van der Waals surface area contributed by atoms with Crippen molar-refractivity contribution < 1.29 is 22.8 Å². The number of aryl methyl sites for hydroxylation is 1. The fourth-order valence-electron chi connectivity index (χ4n) is 4.61. The molecule has 0 radical (unpaired) electrons. The molecular formula is C25H22F3N3O2. The number of nitrogens with zero attached hydrogens (tertiary/aromatic N) is 1. The Morgan fingerprint density at radius 1 is 1.15 bits per heavy atom. The third-order valence-corrected chi connectivity index (χ3v) is 6.36. The van der Waals surface area contributed by atoms with E-state index in [1.807, 2.05) is 30.3 Å². The van der Waals surface area contributed by atoms with Gasteiger partial charge in [0.15, 0.2) is 5.78 Å². The number of Topliss-reactive ketones (excluding diaryl/α,β-unsaturated/α-hetero) is 1. The van der Waals surface area contributed by atoms with Gasteiger partial charge in [-0.15, -0.1) is 0 Å². The van der Waals surface area contributed by atoms with Crippen molar-refractivity contribution in [2.24, 2.45) is 11.8 Å². The van der Waals surface area contributed by atoms with Gasteiger partial charge in [0.25, 0.3) is 0 Å². The highest BCUT2D eigenvalue weighted by molar-refractivity contribution is 6.02. The number of alkyl halides is 3. The van der Waals surface area contributed by atoms with Crippen LogP contribution in [-0.2, 0) is 17.6 Å². The fourth-order valence-corrected chi connectivity index (χ4v) is 4.61. The average molecular weight is 453 g/mol. The zero-order valence-corrected chi connectivity index (χ0v) is 17.7. The largest absolute Gasteiger partial charge is 0.392 e. The first-order valence-electron chi connectivity index (χ1n) is 11.0. The second-order valence-corrected chi connectivity index (χ2v) is 8.68. The first-order valence-corrected chi connectivity index (χ1v) is 11.0. The first-order chi connectivity index (χ1) is 15.8. The summed E-state index contributed by atoms with van der Waals surface area (Å²) >= 11 is 0. The van der Waals surface area contributed by atoms with Crippen LogP contribution in [0.5, 0.6) is 0 Å². The normalized spacial score (nSPS) is 19.8. The molecule has 1 aromatic carbocycles. The van der Waals surface area contributed by atoms with Crippen molar-refractivity contribution in [3.63, 3.8) is 0 Å². The standard InChI is InChI=1S/C25H22F3N3O2/c26-25(27,28)18-13-16(18)24(33)31-21-12-15(9-10-29-21)23-17(11-14-5-2-1-3-6-14)22-19(30-23)7-4-8-20(22)32/h1-3,5-6,9-10,12,16,18,30H,4,7-8,11,13H2,(H,29,31,33). The van der Waals surface area contributed by atoms with Crippen molar-refractivity contribution in [2.45, 2.75) is 38.3 Å². The van der Waals surface area contributed by atoms with Crippen molar-refractivity contribution in [1.82, 2.24) is 9.97 Å². The van der Waals surface area contributed by atoms with Gasteiger partial charge >= 0.3 is 6.18 Å². The predicted octanol–water partition coefficient (Wildman–Crippen LogP) is 5.32. The smallest absolute Gasteiger partial charge is 0.358 e. The van der Waals surface area contributed by atoms with E-state index in [9.17, 15) is 22.8 Å². The lowest BCUT2D eigenvalue weighted by Gasteiger charge is -2.12. The van der Waals surface area contributed by atoms with Crippen LogP contribution in [0, 0.1) is 11.8 Å². The van der Waals surface area contributed by atoms with Gasteiger partial charge in [0.1, 0.15) is 5.82 Å². The van der Waals surface area contributed by atoms with Gasteiger partial charge < -0.3 is 10.3 Å². The molecule has 2 N–H and O–H groups in total. The Hall–Kier alpha value is -3.42. The Morgan fingerprint density at radius 3 is 2.67 bits per heavy atom. The van der Waals surface area contributed by atoms with Crippen molar-refractivity contribution in [2.75, 3.05) is 5.32 Å². The zero-order valence-electron chi connectivity index (χ0n) is 17.7. The number of hydrogen-bond donors (Lipinski definition) is 2. The van der Waals surface area contributed by atoms with Crippen LogP contribution in [0.25, 0.3) is 11.3 Å². The van der Waals surface area contributed by atoms with E-state index in [1.54, 1.807) is 12.1 Å². The van der Waals surface area contributed by atoms with E-state index < -0.39 is 23.9 Å². The van der Waals surface area contributed by atoms with Crippen molar-refractivity contribution in [3.05, 3.63) is 71.0 Å². The highest BCUT2D eigenvalue weighted by Crippen LogP contribution is 2.50. The monoisotopic (exact) mass is 453 g/mol. The number of H-pyrrole nitrogens is 1. The number of aromatic nitrogens is 2. The second kappa shape index (κ2) is 8.17. The minimum atomic E-state index is -4.36. The van der Waals surface area contributed by atoms with Gasteiger partial charge in [-0.3, -0.25) is 9.59 Å². The van der Waals surface area contributed by atoms with Crippen LogP contribution in [0.15, 0.2) is 48.7 Å². The predicted molar refractivity (Wildman–Crippen MR) is 117 cm³/mol. The van der Waals surface area contributed by atoms with Crippen molar-refractivity contribution in [3.8, 4) is 11.3 Å². The van der Waals surface area contributed by atoms with Gasteiger partial charge in [-0.2, -0.15) is 13.2 Å². The molecule has 5 nitrogen and oxygen atoms in total. The van der Waals surface area contributed by atoms with E-state index in [1.165, 1.54) is 6.20 Å². The number of amides is 1. The summed E-state index contributed by atoms with van der Waals surface area (Å²) in [6.45, 7) is 0. The van der Waals surface area contributed by atoms with Crippen LogP contribution >= 0.6 is 0 Å². The lowest BCUT2D eigenvalue weighted by Crippen LogP contribution is -2.20. The van der Waals surface area contributed by atoms with Crippen LogP contribution in [0.1, 0.15) is 46.4 Å². The lowest BCUT2D eigenvalue weighted by atomic mass is 9.90. The number of pyridine rings is 1. The van der Waals surface area contributed by atoms with E-state index >= 15 is 0 Å². The number of halogens is 3. The summed E-state index contributed by atoms with van der Waals surface area (Å²) in [6.07, 6.45) is -0.416. The highest BCUT2D eigenvalue weighted by Gasteiger charge is 2.58. The maximum atomic E-state index is 12.8. The zero-order chi connectivity index (χ0) is 23.2. The molecule has 2 unspecified atom stereocenters. The van der Waals surface area contributed by atoms with Crippen LogP contribution < -0.4 is 5.32 Å². The Kier molecular flexibility index (Phi) is 5.31. The summed E-state index contributed by atoms with van der Waals surface area (Å²) in [5, 5.41) is 2.52. The number of hydrogen-bond acceptors (Lipinski definition) is 3. The van der Waals surface area contributed by atoms with Gasteiger partial charge in [0.2, 0.25) is 5.91 Å². The highest BCUT2D eigenvalue weighted by atomic mass is 19.4. The molecular weight excluding hydrogens is 431 g/mol. The molecule has 1 amide bonds. The van der Waals surface area contributed by atoms with E-state index in [-0.39, 0.29) is 18.0 Å². The van der Waals surface area contributed by atoms with Gasteiger partial charge in [-0.05, 0) is 42.5 Å². The van der Waals surface area contributed by atoms with Crippen molar-refractivity contribution >= 4 is 17.5 Å². The fraction of sp³-hybridized carbons (Fsp3) is 0.320. The number of nitrogens with one attached hydrogen (secondary N) is 2. The summed E-state index contributed by atoms with van der Waals surface area (Å²) in [7, 11) is 0. The quantitative estimate of drug-likeness (QED) is 0.549. The van der Waals surface area contributed by atoms with Crippen LogP contribution in [0.2, 0.25) is 0 Å². The molecule has 2 aliphatic carbocycles. The molecule has 2 heterocycles. The first kappa shape index (κ1) is 21.4. The average Bonchev–Trinajstić information content (AvgIpc) is 3.52. The molecule has 8 heteroatoms. The van der Waals surface area contributed by atoms with Crippen LogP contribution in [0.4, 0.5) is 19.0 Å². The van der Waals surface area contributed by atoms with Gasteiger partial charge in [-0.1, -0.05) is 30.3 Å². The molecule has 1 fully saturated rings. The molecule has 0 saturated heterocycles. The number of aromatic amines is 1. The molecule has 33 heavy (non-hydrogen) atoms. The van der Waals surface area contributed by atoms with E-state index in [0.29, 0.717) is 12.8 Å². The summed E-state index contributed by atoms with van der Waals surface area (Å²) in [6, 6.07) is 13.2. The molecule has 2 atom stereocenters. The summed E-state index contributed by atoms with van der Waals surface area (Å²) in [5.74, 6) is -3.03. The second-order valence-electron chi connectivity index (χ2n) is 8.68. The Bertz CT molecular complexity index is 1220. The SMILES string of the molecule is O=C1CCCc2[nH]c(-c3ccnc(NC(=O)C4CC4C(F)(F)F)c3)c(Cc3ccccc3)c21. The van der Waals surface area contributed by atoms with Gasteiger partial charge in [0, 0.05) is 35.9 Å². The molecule has 1 saturated carbocycles. The van der Waals surface area contributed by atoms with Crippen molar-refractivity contribution in [1.29, 1.82) is 0 Å². The number of carbonyl (C=O) groups is 2. The number of rotatable bonds is 5. The van der Waals surface area contributed by atoms with Crippen LogP contribution in [-0.4, -0.2) is 27.8 Å². The maximum absolute atomic E-state index is 12.8. The Morgan fingerprint density at radius 2 is 1.94 bits per heavy atom. The summed E-state index contributed by atoms with van der Waals surface area (Å²) < 4.78 is 38.4. The molecule has 170 valence electrons. The van der Waals surface area contributed by atoms with E-state index in [2.05, 4.69) is 15.3 Å². The van der Waals surface area contributed by atoms with E-state index in [0.717, 1.165) is 46.5 Å². The topological polar surface area (TPSA) is 74.8 Å². The molecule has 3 aromatic rings. The Balaban J connectivity index is 1.46.